The second-order valence-corrected chi connectivity index (χ2v) is 6.39. The zero-order chi connectivity index (χ0) is 18.3. The Hall–Kier alpha value is -3.14. The predicted octanol–water partition coefficient (Wildman–Crippen LogP) is 5.31. The van der Waals surface area contributed by atoms with E-state index >= 15 is 0 Å². The number of phenols is 1. The van der Waals surface area contributed by atoms with Crippen LogP contribution in [0.5, 0.6) is 5.75 Å². The highest BCUT2D eigenvalue weighted by atomic mass is 19.1. The van der Waals surface area contributed by atoms with Gasteiger partial charge in [-0.05, 0) is 60.0 Å². The summed E-state index contributed by atoms with van der Waals surface area (Å²) < 4.78 is 13.9. The topological polar surface area (TPSA) is 40.5 Å². The molecule has 0 fully saturated rings. The van der Waals surface area contributed by atoms with Gasteiger partial charge in [-0.3, -0.25) is 4.79 Å². The van der Waals surface area contributed by atoms with Crippen LogP contribution >= 0.6 is 0 Å². The summed E-state index contributed by atoms with van der Waals surface area (Å²) in [6, 6.07) is 18.4. The van der Waals surface area contributed by atoms with Crippen molar-refractivity contribution in [3.8, 4) is 16.9 Å². The molecule has 0 spiro atoms. The lowest BCUT2D eigenvalue weighted by Crippen LogP contribution is -2.37. The van der Waals surface area contributed by atoms with E-state index in [9.17, 15) is 14.3 Å². The number of fused-ring (bicyclic) bond motifs is 3. The monoisotopic (exact) mass is 347 g/mol. The fraction of sp³-hybridized carbons (Fsp3) is 0.136. The van der Waals surface area contributed by atoms with Crippen LogP contribution in [0.2, 0.25) is 0 Å². The Kier molecular flexibility index (Phi) is 3.96. The number of amides is 1. The molecule has 1 N–H and O–H groups in total. The van der Waals surface area contributed by atoms with Crippen molar-refractivity contribution in [2.24, 2.45) is 0 Å². The molecule has 0 saturated carbocycles. The first kappa shape index (κ1) is 16.3. The minimum atomic E-state index is -0.307. The van der Waals surface area contributed by atoms with E-state index in [0.717, 1.165) is 22.4 Å². The second kappa shape index (κ2) is 6.30. The zero-order valence-electron chi connectivity index (χ0n) is 14.3. The van der Waals surface area contributed by atoms with Crippen LogP contribution in [0, 0.1) is 5.82 Å². The van der Waals surface area contributed by atoms with Crippen molar-refractivity contribution >= 4 is 11.6 Å². The summed E-state index contributed by atoms with van der Waals surface area (Å²) in [5.41, 5.74) is 3.99. The molecule has 0 unspecified atom stereocenters. The van der Waals surface area contributed by atoms with E-state index in [-0.39, 0.29) is 23.5 Å². The highest BCUT2D eigenvalue weighted by molar-refractivity contribution is 6.10. The van der Waals surface area contributed by atoms with Crippen molar-refractivity contribution < 1.29 is 14.3 Å². The average Bonchev–Trinajstić information content (AvgIpc) is 2.66. The van der Waals surface area contributed by atoms with Gasteiger partial charge in [0.05, 0.1) is 11.7 Å². The lowest BCUT2D eigenvalue weighted by atomic mass is 9.86. The third-order valence-electron chi connectivity index (χ3n) is 4.86. The van der Waals surface area contributed by atoms with Crippen molar-refractivity contribution in [3.63, 3.8) is 0 Å². The molecule has 0 aromatic heterocycles. The third kappa shape index (κ3) is 2.54. The molecular weight excluding hydrogens is 329 g/mol. The first-order valence-corrected chi connectivity index (χ1v) is 8.61. The molecule has 1 aliphatic rings. The standard InChI is InChI=1S/C22H18FNO2/c1-2-20-19-13-15(23)9-12-17(19)18-5-3-4-6-21(18)24(20)22(26)14-7-10-16(25)11-8-14/h3-13,20,25H,2H2,1H3/t20-/m0/s1. The molecule has 4 heteroatoms. The fourth-order valence-corrected chi connectivity index (χ4v) is 3.67. The summed E-state index contributed by atoms with van der Waals surface area (Å²) in [5, 5.41) is 9.50. The summed E-state index contributed by atoms with van der Waals surface area (Å²) in [5.74, 6) is -0.363. The zero-order valence-corrected chi connectivity index (χ0v) is 14.3. The summed E-state index contributed by atoms with van der Waals surface area (Å²) in [7, 11) is 0. The summed E-state index contributed by atoms with van der Waals surface area (Å²) >= 11 is 0. The Morgan fingerprint density at radius 2 is 1.77 bits per heavy atom. The van der Waals surface area contributed by atoms with Crippen LogP contribution < -0.4 is 4.90 Å². The van der Waals surface area contributed by atoms with Crippen LogP contribution in [0.1, 0.15) is 35.3 Å². The average molecular weight is 347 g/mol. The van der Waals surface area contributed by atoms with Crippen LogP contribution in [0.15, 0.2) is 66.7 Å². The van der Waals surface area contributed by atoms with Crippen molar-refractivity contribution in [1.29, 1.82) is 0 Å². The number of carbonyl (C=O) groups is 1. The van der Waals surface area contributed by atoms with Crippen molar-refractivity contribution in [2.75, 3.05) is 4.90 Å². The molecule has 0 aliphatic carbocycles. The van der Waals surface area contributed by atoms with E-state index in [2.05, 4.69) is 0 Å². The van der Waals surface area contributed by atoms with Crippen molar-refractivity contribution in [3.05, 3.63) is 83.7 Å². The number of anilines is 1. The van der Waals surface area contributed by atoms with Gasteiger partial charge < -0.3 is 10.0 Å². The van der Waals surface area contributed by atoms with Gasteiger partial charge in [0.25, 0.3) is 5.91 Å². The molecule has 1 amide bonds. The molecular formula is C22H18FNO2. The van der Waals surface area contributed by atoms with E-state index in [0.29, 0.717) is 12.0 Å². The third-order valence-corrected chi connectivity index (χ3v) is 4.86. The highest BCUT2D eigenvalue weighted by Gasteiger charge is 2.34. The molecule has 4 rings (SSSR count). The summed E-state index contributed by atoms with van der Waals surface area (Å²) in [4.78, 5) is 15.0. The van der Waals surface area contributed by atoms with Gasteiger partial charge in [-0.25, -0.2) is 4.39 Å². The smallest absolute Gasteiger partial charge is 0.258 e. The van der Waals surface area contributed by atoms with Crippen LogP contribution in [0.25, 0.3) is 11.1 Å². The minimum Gasteiger partial charge on any atom is -0.508 e. The minimum absolute atomic E-state index is 0.111. The first-order valence-electron chi connectivity index (χ1n) is 8.61. The van der Waals surface area contributed by atoms with E-state index in [4.69, 9.17) is 0 Å². The summed E-state index contributed by atoms with van der Waals surface area (Å²) in [6.07, 6.45) is 0.661. The molecule has 0 saturated heterocycles. The molecule has 0 radical (unpaired) electrons. The largest absolute Gasteiger partial charge is 0.508 e. The maximum Gasteiger partial charge on any atom is 0.258 e. The van der Waals surface area contributed by atoms with Gasteiger partial charge in [-0.2, -0.15) is 0 Å². The normalized spacial score (nSPS) is 15.3. The number of nitrogens with zero attached hydrogens (tertiary/aromatic N) is 1. The van der Waals surface area contributed by atoms with E-state index in [1.165, 1.54) is 24.3 Å². The Morgan fingerprint density at radius 1 is 1.04 bits per heavy atom. The van der Waals surface area contributed by atoms with Gasteiger partial charge in [0.15, 0.2) is 0 Å². The summed E-state index contributed by atoms with van der Waals surface area (Å²) in [6.45, 7) is 1.99. The molecule has 3 aromatic rings. The Morgan fingerprint density at radius 3 is 2.50 bits per heavy atom. The number of hydrogen-bond donors (Lipinski definition) is 1. The van der Waals surface area contributed by atoms with Crippen LogP contribution in [0.4, 0.5) is 10.1 Å². The molecule has 0 bridgehead atoms. The van der Waals surface area contributed by atoms with Gasteiger partial charge in [0.1, 0.15) is 11.6 Å². The number of halogens is 1. The van der Waals surface area contributed by atoms with Crippen LogP contribution in [-0.4, -0.2) is 11.0 Å². The Labute approximate surface area is 151 Å². The number of phenolic OH excluding ortho intramolecular Hbond substituents is 1. The molecule has 1 atom stereocenters. The predicted molar refractivity (Wildman–Crippen MR) is 99.8 cm³/mol. The number of hydrogen-bond acceptors (Lipinski definition) is 2. The quantitative estimate of drug-likeness (QED) is 0.682. The number of benzene rings is 3. The van der Waals surface area contributed by atoms with Gasteiger partial charge in [-0.15, -0.1) is 0 Å². The van der Waals surface area contributed by atoms with Gasteiger partial charge in [0, 0.05) is 11.1 Å². The second-order valence-electron chi connectivity index (χ2n) is 6.39. The maximum absolute atomic E-state index is 13.9. The molecule has 130 valence electrons. The van der Waals surface area contributed by atoms with Crippen LogP contribution in [0.3, 0.4) is 0 Å². The lowest BCUT2D eigenvalue weighted by molar-refractivity contribution is 0.0975. The molecule has 1 aliphatic heterocycles. The maximum atomic E-state index is 13.9. The van der Waals surface area contributed by atoms with Gasteiger partial charge >= 0.3 is 0 Å². The van der Waals surface area contributed by atoms with Gasteiger partial charge in [-0.1, -0.05) is 31.2 Å². The Balaban J connectivity index is 1.91. The fourth-order valence-electron chi connectivity index (χ4n) is 3.67. The van der Waals surface area contributed by atoms with Crippen molar-refractivity contribution in [2.45, 2.75) is 19.4 Å². The molecule has 3 nitrogen and oxygen atoms in total. The van der Waals surface area contributed by atoms with E-state index in [1.807, 2.05) is 31.2 Å². The lowest BCUT2D eigenvalue weighted by Gasteiger charge is -2.38. The molecule has 1 heterocycles. The first-order chi connectivity index (χ1) is 12.6. The Bertz CT molecular complexity index is 982. The highest BCUT2D eigenvalue weighted by Crippen LogP contribution is 2.46. The molecule has 26 heavy (non-hydrogen) atoms. The number of rotatable bonds is 2. The van der Waals surface area contributed by atoms with Crippen LogP contribution in [-0.2, 0) is 0 Å². The SMILES string of the molecule is CC[C@H]1c2cc(F)ccc2-c2ccccc2N1C(=O)c1ccc(O)cc1. The van der Waals surface area contributed by atoms with E-state index < -0.39 is 0 Å². The number of para-hydroxylation sites is 1. The van der Waals surface area contributed by atoms with E-state index in [1.54, 1.807) is 23.1 Å². The van der Waals surface area contributed by atoms with Gasteiger partial charge in [0.2, 0.25) is 0 Å². The van der Waals surface area contributed by atoms with Crippen molar-refractivity contribution in [1.82, 2.24) is 0 Å². The number of carbonyl (C=O) groups excluding carboxylic acids is 1. The molecule has 3 aromatic carbocycles. The number of aromatic hydroxyl groups is 1.